The van der Waals surface area contributed by atoms with E-state index in [9.17, 15) is 0 Å². The van der Waals surface area contributed by atoms with Crippen molar-refractivity contribution in [2.24, 2.45) is 5.92 Å². The molecule has 3 aliphatic rings. The minimum Gasteiger partial charge on any atom is -0.339 e. The van der Waals surface area contributed by atoms with Gasteiger partial charge in [-0.2, -0.15) is 4.98 Å². The number of hydrogen-bond acceptors (Lipinski definition) is 4. The fourth-order valence-corrected chi connectivity index (χ4v) is 2.76. The minimum atomic E-state index is 0.207. The summed E-state index contributed by atoms with van der Waals surface area (Å²) in [5.41, 5.74) is 0.450. The van der Waals surface area contributed by atoms with Gasteiger partial charge in [0.15, 0.2) is 5.82 Å². The summed E-state index contributed by atoms with van der Waals surface area (Å²) in [4.78, 5) is 4.62. The Hall–Kier alpha value is -0.900. The summed E-state index contributed by atoms with van der Waals surface area (Å²) in [6.45, 7) is 4.37. The van der Waals surface area contributed by atoms with Crippen molar-refractivity contribution in [2.45, 2.75) is 37.0 Å². The van der Waals surface area contributed by atoms with E-state index in [0.717, 1.165) is 30.7 Å². The zero-order valence-corrected chi connectivity index (χ0v) is 8.92. The highest BCUT2D eigenvalue weighted by molar-refractivity contribution is 5.28. The molecule has 3 fully saturated rings. The molecule has 4 nitrogen and oxygen atoms in total. The van der Waals surface area contributed by atoms with E-state index in [4.69, 9.17) is 4.52 Å². The van der Waals surface area contributed by atoms with E-state index < -0.39 is 0 Å². The lowest BCUT2D eigenvalue weighted by Gasteiger charge is -2.04. The van der Waals surface area contributed by atoms with Crippen LogP contribution in [0.5, 0.6) is 0 Å². The van der Waals surface area contributed by atoms with Crippen LogP contribution < -0.4 is 5.32 Å². The Kier molecular flexibility index (Phi) is 1.25. The summed E-state index contributed by atoms with van der Waals surface area (Å²) in [6, 6.07) is 0. The van der Waals surface area contributed by atoms with Gasteiger partial charge in [-0.25, -0.2) is 0 Å². The molecule has 0 radical (unpaired) electrons. The standard InChI is InChI=1S/C11H15N3O/c1-10(2-3-10)9-13-8(14-15-9)11-4-7(11)5-12-6-11/h7,12H,2-6H2,1H3. The molecule has 0 bridgehead atoms. The Balaban J connectivity index is 1.70. The van der Waals surface area contributed by atoms with Crippen LogP contribution in [0, 0.1) is 5.92 Å². The molecule has 80 valence electrons. The Morgan fingerprint density at radius 2 is 2.33 bits per heavy atom. The molecule has 4 rings (SSSR count). The zero-order chi connectivity index (χ0) is 10.1. The zero-order valence-electron chi connectivity index (χ0n) is 8.92. The van der Waals surface area contributed by atoms with Crippen molar-refractivity contribution < 1.29 is 4.52 Å². The van der Waals surface area contributed by atoms with Crippen molar-refractivity contribution in [1.29, 1.82) is 0 Å². The fourth-order valence-electron chi connectivity index (χ4n) is 2.76. The van der Waals surface area contributed by atoms with Crippen LogP contribution in [-0.2, 0) is 10.8 Å². The maximum atomic E-state index is 5.41. The quantitative estimate of drug-likeness (QED) is 0.782. The lowest BCUT2D eigenvalue weighted by atomic mass is 10.1. The van der Waals surface area contributed by atoms with E-state index in [2.05, 4.69) is 22.4 Å². The van der Waals surface area contributed by atoms with Crippen LogP contribution in [0.15, 0.2) is 4.52 Å². The monoisotopic (exact) mass is 205 g/mol. The van der Waals surface area contributed by atoms with Crippen LogP contribution in [0.1, 0.15) is 37.9 Å². The van der Waals surface area contributed by atoms with Crippen molar-refractivity contribution in [1.82, 2.24) is 15.5 Å². The third kappa shape index (κ3) is 0.956. The predicted molar refractivity (Wildman–Crippen MR) is 53.5 cm³/mol. The second-order valence-corrected chi connectivity index (χ2v) is 5.67. The normalized spacial score (nSPS) is 40.2. The summed E-state index contributed by atoms with van der Waals surface area (Å²) in [7, 11) is 0. The average Bonchev–Trinajstić information content (AvgIpc) is 3.02. The van der Waals surface area contributed by atoms with Crippen LogP contribution in [0.3, 0.4) is 0 Å². The van der Waals surface area contributed by atoms with Crippen LogP contribution >= 0.6 is 0 Å². The molecule has 2 saturated carbocycles. The van der Waals surface area contributed by atoms with Gasteiger partial charge in [0.1, 0.15) is 0 Å². The number of fused-ring (bicyclic) bond motifs is 1. The first-order valence-electron chi connectivity index (χ1n) is 5.78. The van der Waals surface area contributed by atoms with Gasteiger partial charge in [-0.3, -0.25) is 0 Å². The molecule has 2 aliphatic carbocycles. The van der Waals surface area contributed by atoms with Gasteiger partial charge < -0.3 is 9.84 Å². The molecule has 4 heteroatoms. The Bertz CT molecular complexity index is 423. The minimum absolute atomic E-state index is 0.207. The molecule has 1 aromatic rings. The molecule has 1 saturated heterocycles. The fraction of sp³-hybridized carbons (Fsp3) is 0.818. The molecule has 2 heterocycles. The SMILES string of the molecule is CC1(c2nc(C34CNCC3C4)no2)CC1. The molecular formula is C11H15N3O. The Labute approximate surface area is 88.4 Å². The van der Waals surface area contributed by atoms with Crippen LogP contribution in [0.25, 0.3) is 0 Å². The number of piperidine rings is 1. The van der Waals surface area contributed by atoms with Gasteiger partial charge in [0.05, 0.1) is 5.41 Å². The van der Waals surface area contributed by atoms with E-state index >= 15 is 0 Å². The van der Waals surface area contributed by atoms with Crippen LogP contribution in [-0.4, -0.2) is 23.2 Å². The van der Waals surface area contributed by atoms with Gasteiger partial charge in [0.2, 0.25) is 5.89 Å². The molecule has 0 aromatic carbocycles. The number of rotatable bonds is 2. The highest BCUT2D eigenvalue weighted by Gasteiger charge is 2.61. The van der Waals surface area contributed by atoms with Gasteiger partial charge in [-0.1, -0.05) is 12.1 Å². The number of aromatic nitrogens is 2. The highest BCUT2D eigenvalue weighted by Crippen LogP contribution is 2.56. The van der Waals surface area contributed by atoms with E-state index in [1.165, 1.54) is 19.3 Å². The predicted octanol–water partition coefficient (Wildman–Crippen LogP) is 0.982. The summed E-state index contributed by atoms with van der Waals surface area (Å²) >= 11 is 0. The molecule has 1 N–H and O–H groups in total. The summed E-state index contributed by atoms with van der Waals surface area (Å²) in [5, 5.41) is 7.60. The van der Waals surface area contributed by atoms with Gasteiger partial charge >= 0.3 is 0 Å². The summed E-state index contributed by atoms with van der Waals surface area (Å²) in [6.07, 6.45) is 3.64. The van der Waals surface area contributed by atoms with Gasteiger partial charge in [-0.15, -0.1) is 0 Å². The molecule has 1 aromatic heterocycles. The number of nitrogens with zero attached hydrogens (tertiary/aromatic N) is 2. The van der Waals surface area contributed by atoms with E-state index in [1.807, 2.05) is 0 Å². The largest absolute Gasteiger partial charge is 0.339 e. The second-order valence-electron chi connectivity index (χ2n) is 5.67. The third-order valence-electron chi connectivity index (χ3n) is 4.45. The van der Waals surface area contributed by atoms with Crippen molar-refractivity contribution in [3.05, 3.63) is 11.7 Å². The van der Waals surface area contributed by atoms with Crippen molar-refractivity contribution in [2.75, 3.05) is 13.1 Å². The first-order valence-corrected chi connectivity index (χ1v) is 5.78. The lowest BCUT2D eigenvalue weighted by molar-refractivity contribution is 0.345. The van der Waals surface area contributed by atoms with Crippen molar-refractivity contribution >= 4 is 0 Å². The van der Waals surface area contributed by atoms with E-state index in [1.54, 1.807) is 0 Å². The molecule has 2 unspecified atom stereocenters. The topological polar surface area (TPSA) is 51.0 Å². The number of nitrogens with one attached hydrogen (secondary N) is 1. The number of hydrogen-bond donors (Lipinski definition) is 1. The van der Waals surface area contributed by atoms with Crippen molar-refractivity contribution in [3.8, 4) is 0 Å². The summed E-state index contributed by atoms with van der Waals surface area (Å²) in [5.74, 6) is 2.58. The van der Waals surface area contributed by atoms with E-state index in [-0.39, 0.29) is 10.8 Å². The lowest BCUT2D eigenvalue weighted by Crippen LogP contribution is -2.20. The first kappa shape index (κ1) is 8.28. The Morgan fingerprint density at radius 3 is 2.93 bits per heavy atom. The highest BCUT2D eigenvalue weighted by atomic mass is 16.5. The molecule has 15 heavy (non-hydrogen) atoms. The maximum absolute atomic E-state index is 5.41. The van der Waals surface area contributed by atoms with Crippen LogP contribution in [0.2, 0.25) is 0 Å². The van der Waals surface area contributed by atoms with Crippen LogP contribution in [0.4, 0.5) is 0 Å². The van der Waals surface area contributed by atoms with Gasteiger partial charge in [0, 0.05) is 12.0 Å². The molecule has 0 amide bonds. The Morgan fingerprint density at radius 1 is 1.47 bits per heavy atom. The molecule has 0 spiro atoms. The van der Waals surface area contributed by atoms with Crippen molar-refractivity contribution in [3.63, 3.8) is 0 Å². The third-order valence-corrected chi connectivity index (χ3v) is 4.45. The van der Waals surface area contributed by atoms with Gasteiger partial charge in [0.25, 0.3) is 0 Å². The van der Waals surface area contributed by atoms with Gasteiger partial charge in [-0.05, 0) is 31.7 Å². The maximum Gasteiger partial charge on any atom is 0.232 e. The van der Waals surface area contributed by atoms with E-state index in [0.29, 0.717) is 0 Å². The average molecular weight is 205 g/mol. The first-order chi connectivity index (χ1) is 7.23. The second kappa shape index (κ2) is 2.26. The molecule has 1 aliphatic heterocycles. The summed E-state index contributed by atoms with van der Waals surface area (Å²) < 4.78 is 5.41. The smallest absolute Gasteiger partial charge is 0.232 e. The molecular weight excluding hydrogens is 190 g/mol. The molecule has 2 atom stereocenters.